The number of likely N-dealkylation sites (N-methyl/N-ethyl adjacent to an activating group) is 1. The Morgan fingerprint density at radius 2 is 1.62 bits per heavy atom. The average Bonchev–Trinajstić information content (AvgIpc) is 2.93. The maximum absolute atomic E-state index is 12.9. The number of carbonyl (C=O) groups is 3. The lowest BCUT2D eigenvalue weighted by molar-refractivity contribution is -0.140. The van der Waals surface area contributed by atoms with Crippen LogP contribution in [-0.2, 0) is 36.9 Å². The molecule has 0 aliphatic heterocycles. The van der Waals surface area contributed by atoms with Crippen LogP contribution in [0.15, 0.2) is 54.6 Å². The van der Waals surface area contributed by atoms with Gasteiger partial charge in [0.05, 0.1) is 20.1 Å². The monoisotopic (exact) mass is 556 g/mol. The fourth-order valence-corrected chi connectivity index (χ4v) is 3.76. The molecule has 2 aromatic rings. The molecule has 40 heavy (non-hydrogen) atoms. The maximum Gasteiger partial charge on any atom is 0.305 e. The van der Waals surface area contributed by atoms with Gasteiger partial charge in [-0.2, -0.15) is 0 Å². The Morgan fingerprint density at radius 1 is 0.975 bits per heavy atom. The number of phenols is 1. The van der Waals surface area contributed by atoms with Crippen molar-refractivity contribution in [1.82, 2.24) is 10.2 Å². The van der Waals surface area contributed by atoms with Gasteiger partial charge in [-0.25, -0.2) is 0 Å². The van der Waals surface area contributed by atoms with Crippen molar-refractivity contribution < 1.29 is 29.0 Å². The van der Waals surface area contributed by atoms with E-state index in [0.717, 1.165) is 19.6 Å². The van der Waals surface area contributed by atoms with Crippen LogP contribution in [0.25, 0.3) is 0 Å². The number of hydrogen-bond donors (Lipinski definition) is 2. The van der Waals surface area contributed by atoms with Gasteiger partial charge in [-0.1, -0.05) is 82.6 Å². The molecular formula is C32H48N2O6. The number of unbranched alkanes of at least 4 members (excludes halogenated alkanes) is 2. The summed E-state index contributed by atoms with van der Waals surface area (Å²) in [5.74, 6) is -0.720. The third kappa shape index (κ3) is 14.1. The highest BCUT2D eigenvalue weighted by atomic mass is 16.5. The number of nitrogens with one attached hydrogen (secondary N) is 1. The molecule has 0 aliphatic carbocycles. The van der Waals surface area contributed by atoms with Crippen LogP contribution in [0.4, 0.5) is 0 Å². The van der Waals surface area contributed by atoms with Crippen molar-refractivity contribution in [3.05, 3.63) is 65.7 Å². The second-order valence-corrected chi connectivity index (χ2v) is 10.9. The molecule has 0 saturated carbocycles. The highest BCUT2D eigenvalue weighted by Gasteiger charge is 2.34. The molecule has 0 aliphatic rings. The third-order valence-electron chi connectivity index (χ3n) is 6.24. The predicted molar refractivity (Wildman–Crippen MR) is 158 cm³/mol. The van der Waals surface area contributed by atoms with E-state index in [0.29, 0.717) is 31.4 Å². The molecule has 0 spiro atoms. The van der Waals surface area contributed by atoms with Gasteiger partial charge < -0.3 is 24.8 Å². The number of benzene rings is 2. The van der Waals surface area contributed by atoms with Crippen molar-refractivity contribution in [1.29, 1.82) is 0 Å². The summed E-state index contributed by atoms with van der Waals surface area (Å²) < 4.78 is 10.1. The Bertz CT molecular complexity index is 1020. The van der Waals surface area contributed by atoms with Gasteiger partial charge in [-0.05, 0) is 36.3 Å². The van der Waals surface area contributed by atoms with Gasteiger partial charge in [0, 0.05) is 32.2 Å². The molecule has 8 heteroatoms. The molecule has 1 atom stereocenters. The summed E-state index contributed by atoms with van der Waals surface area (Å²) in [6, 6.07) is 16.2. The van der Waals surface area contributed by atoms with E-state index in [1.807, 2.05) is 39.0 Å². The Hall–Kier alpha value is -3.39. The third-order valence-corrected chi connectivity index (χ3v) is 6.24. The van der Waals surface area contributed by atoms with Gasteiger partial charge in [0.15, 0.2) is 0 Å². The molecule has 0 heterocycles. The number of ether oxygens (including phenoxy) is 2. The lowest BCUT2D eigenvalue weighted by atomic mass is 9.85. The van der Waals surface area contributed by atoms with E-state index in [1.165, 1.54) is 25.2 Å². The minimum Gasteiger partial charge on any atom is -0.508 e. The van der Waals surface area contributed by atoms with Crippen molar-refractivity contribution >= 4 is 17.8 Å². The number of methoxy groups -OCH3 is 1. The first-order valence-electron chi connectivity index (χ1n) is 14.0. The van der Waals surface area contributed by atoms with Crippen LogP contribution < -0.4 is 5.32 Å². The summed E-state index contributed by atoms with van der Waals surface area (Å²) in [4.78, 5) is 38.1. The number of amides is 2. The number of aromatic hydroxyl groups is 1. The quantitative estimate of drug-likeness (QED) is 0.243. The molecule has 222 valence electrons. The summed E-state index contributed by atoms with van der Waals surface area (Å²) in [5.41, 5.74) is 1.29. The molecule has 2 N–H and O–H groups in total. The lowest BCUT2D eigenvalue weighted by Gasteiger charge is -2.33. The first-order valence-corrected chi connectivity index (χ1v) is 14.0. The molecule has 2 aromatic carbocycles. The Balaban J connectivity index is 0.000000552. The van der Waals surface area contributed by atoms with Crippen LogP contribution in [0, 0.1) is 5.41 Å². The molecule has 2 rings (SSSR count). The minimum atomic E-state index is -0.698. The molecule has 2 amide bonds. The molecule has 0 unspecified atom stereocenters. The van der Waals surface area contributed by atoms with Crippen LogP contribution in [0.2, 0.25) is 0 Å². The van der Waals surface area contributed by atoms with E-state index >= 15 is 0 Å². The fourth-order valence-electron chi connectivity index (χ4n) is 3.76. The zero-order chi connectivity index (χ0) is 30.0. The van der Waals surface area contributed by atoms with Gasteiger partial charge in [0.1, 0.15) is 11.8 Å². The van der Waals surface area contributed by atoms with Crippen LogP contribution in [0.5, 0.6) is 5.75 Å². The number of rotatable bonds is 14. The van der Waals surface area contributed by atoms with Crippen LogP contribution >= 0.6 is 0 Å². The standard InChI is InChI=1S/C21H32N2O5.C11H16O/c1-21(2,3)19(20(27)23(4)13-9-8-12-18(26)28-5)22-17(25)14-15-10-6-7-11-16(15)24;1-2-3-9-12-10-11-7-5-4-6-8-11/h6-7,10-11,19,24H,8-9,12-14H2,1-5H3,(H,22,25);4-8H,2-3,9-10H2,1H3/t19-;/m1./s1. The van der Waals surface area contributed by atoms with Crippen LogP contribution in [-0.4, -0.2) is 61.1 Å². The van der Waals surface area contributed by atoms with Crippen molar-refractivity contribution in [2.75, 3.05) is 27.3 Å². The highest BCUT2D eigenvalue weighted by Crippen LogP contribution is 2.22. The lowest BCUT2D eigenvalue weighted by Crippen LogP contribution is -2.54. The topological polar surface area (TPSA) is 105 Å². The minimum absolute atomic E-state index is 0.00459. The Morgan fingerprint density at radius 3 is 2.23 bits per heavy atom. The first kappa shape index (κ1) is 34.6. The van der Waals surface area contributed by atoms with Crippen LogP contribution in [0.3, 0.4) is 0 Å². The first-order chi connectivity index (χ1) is 19.0. The second kappa shape index (κ2) is 18.8. The predicted octanol–water partition coefficient (Wildman–Crippen LogP) is 5.27. The zero-order valence-corrected chi connectivity index (χ0v) is 25.1. The van der Waals surface area contributed by atoms with E-state index in [4.69, 9.17) is 4.74 Å². The van der Waals surface area contributed by atoms with E-state index in [2.05, 4.69) is 29.1 Å². The SMILES string of the molecule is CCCCOCc1ccccc1.COC(=O)CCCCN(C)C(=O)[C@@H](NC(=O)Cc1ccccc1O)C(C)(C)C. The summed E-state index contributed by atoms with van der Waals surface area (Å²) in [7, 11) is 3.04. The van der Waals surface area contributed by atoms with Crippen molar-refractivity contribution in [3.8, 4) is 5.75 Å². The van der Waals surface area contributed by atoms with Gasteiger partial charge in [0.25, 0.3) is 0 Å². The van der Waals surface area contributed by atoms with Crippen molar-refractivity contribution in [2.24, 2.45) is 5.41 Å². The molecular weight excluding hydrogens is 508 g/mol. The number of phenolic OH excluding ortho intramolecular Hbond substituents is 1. The molecule has 0 saturated heterocycles. The largest absolute Gasteiger partial charge is 0.508 e. The number of nitrogens with zero attached hydrogens (tertiary/aromatic N) is 1. The summed E-state index contributed by atoms with van der Waals surface area (Å²) >= 11 is 0. The highest BCUT2D eigenvalue weighted by molar-refractivity contribution is 5.89. The number of esters is 1. The summed E-state index contributed by atoms with van der Waals surface area (Å²) in [5, 5.41) is 12.7. The second-order valence-electron chi connectivity index (χ2n) is 10.9. The number of para-hydroxylation sites is 1. The van der Waals surface area contributed by atoms with Gasteiger partial charge in [-0.3, -0.25) is 14.4 Å². The van der Waals surface area contributed by atoms with E-state index in [-0.39, 0.29) is 30.0 Å². The maximum atomic E-state index is 12.9. The van der Waals surface area contributed by atoms with E-state index in [9.17, 15) is 19.5 Å². The molecule has 0 bridgehead atoms. The smallest absolute Gasteiger partial charge is 0.305 e. The van der Waals surface area contributed by atoms with Crippen molar-refractivity contribution in [2.45, 2.75) is 78.9 Å². The van der Waals surface area contributed by atoms with E-state index in [1.54, 1.807) is 30.1 Å². The van der Waals surface area contributed by atoms with Gasteiger partial charge >= 0.3 is 5.97 Å². The summed E-state index contributed by atoms with van der Waals surface area (Å²) in [6.45, 7) is 9.96. The zero-order valence-electron chi connectivity index (χ0n) is 25.1. The fraction of sp³-hybridized carbons (Fsp3) is 0.531. The van der Waals surface area contributed by atoms with Gasteiger partial charge in [-0.15, -0.1) is 0 Å². The Labute approximate surface area is 240 Å². The van der Waals surface area contributed by atoms with Gasteiger partial charge in [0.2, 0.25) is 11.8 Å². The molecule has 8 nitrogen and oxygen atoms in total. The van der Waals surface area contributed by atoms with E-state index < -0.39 is 11.5 Å². The number of hydrogen-bond acceptors (Lipinski definition) is 6. The normalized spacial score (nSPS) is 11.6. The summed E-state index contributed by atoms with van der Waals surface area (Å²) in [6.07, 6.45) is 3.97. The molecule has 0 aromatic heterocycles. The van der Waals surface area contributed by atoms with Crippen molar-refractivity contribution in [3.63, 3.8) is 0 Å². The molecule has 0 radical (unpaired) electrons. The molecule has 0 fully saturated rings. The number of carbonyl (C=O) groups excluding carboxylic acids is 3. The Kier molecular flexibility index (Phi) is 16.3. The van der Waals surface area contributed by atoms with Crippen LogP contribution in [0.1, 0.15) is 70.9 Å². The average molecular weight is 557 g/mol.